The van der Waals surface area contributed by atoms with E-state index in [2.05, 4.69) is 96.5 Å². The number of hydrogen-bond donors (Lipinski definition) is 2. The Labute approximate surface area is 251 Å². The van der Waals surface area contributed by atoms with E-state index >= 15 is 0 Å². The Morgan fingerprint density at radius 2 is 1.86 bits per heavy atom. The van der Waals surface area contributed by atoms with Crippen LogP contribution in [0.3, 0.4) is 0 Å². The van der Waals surface area contributed by atoms with Gasteiger partial charge in [0.1, 0.15) is 5.75 Å². The predicted octanol–water partition coefficient (Wildman–Crippen LogP) is 8.01. The second-order valence-electron chi connectivity index (χ2n) is 10.9. The number of carbonyl (C=O) groups is 1. The number of aryl methyl sites for hydroxylation is 2. The summed E-state index contributed by atoms with van der Waals surface area (Å²) in [5, 5.41) is 17.7. The van der Waals surface area contributed by atoms with E-state index in [0.717, 1.165) is 47.2 Å². The summed E-state index contributed by atoms with van der Waals surface area (Å²) in [7, 11) is 0. The van der Waals surface area contributed by atoms with Crippen LogP contribution in [0, 0.1) is 13.8 Å². The average Bonchev–Trinajstić information content (AvgIpc) is 3.28. The number of benzene rings is 4. The van der Waals surface area contributed by atoms with Gasteiger partial charge in [-0.05, 0) is 79.4 Å². The molecule has 0 bridgehead atoms. The lowest BCUT2D eigenvalue weighted by molar-refractivity contribution is 0.0527. The van der Waals surface area contributed by atoms with Crippen molar-refractivity contribution in [2.24, 2.45) is 0 Å². The van der Waals surface area contributed by atoms with Crippen LogP contribution in [0.25, 0.3) is 27.2 Å². The summed E-state index contributed by atoms with van der Waals surface area (Å²) in [6.45, 7) is 8.57. The Balaban J connectivity index is 1.57. The number of ether oxygens (including phenoxy) is 1. The third-order valence-corrected chi connectivity index (χ3v) is 9.27. The fourth-order valence-electron chi connectivity index (χ4n) is 6.03. The highest BCUT2D eigenvalue weighted by molar-refractivity contribution is 7.98. The van der Waals surface area contributed by atoms with Gasteiger partial charge < -0.3 is 19.7 Å². The molecule has 0 atom stereocenters. The van der Waals surface area contributed by atoms with Crippen LogP contribution in [-0.2, 0) is 17.0 Å². The first kappa shape index (κ1) is 28.1. The molecule has 2 N–H and O–H groups in total. The van der Waals surface area contributed by atoms with Crippen LogP contribution < -0.4 is 5.32 Å². The van der Waals surface area contributed by atoms with Gasteiger partial charge in [-0.2, -0.15) is 0 Å². The molecule has 0 unspecified atom stereocenters. The number of nitrogens with one attached hydrogen (secondary N) is 1. The average molecular weight is 577 g/mol. The molecule has 0 spiro atoms. The second kappa shape index (κ2) is 12.1. The van der Waals surface area contributed by atoms with E-state index in [1.807, 2.05) is 6.92 Å². The van der Waals surface area contributed by atoms with Crippen molar-refractivity contribution < 1.29 is 14.6 Å². The van der Waals surface area contributed by atoms with Gasteiger partial charge >= 0.3 is 5.97 Å². The van der Waals surface area contributed by atoms with Crippen LogP contribution in [-0.4, -0.2) is 35.3 Å². The highest BCUT2D eigenvalue weighted by Crippen LogP contribution is 2.39. The molecule has 4 aromatic carbocycles. The van der Waals surface area contributed by atoms with E-state index < -0.39 is 0 Å². The molecule has 0 amide bonds. The largest absolute Gasteiger partial charge is 0.507 e. The van der Waals surface area contributed by atoms with Crippen LogP contribution in [0.1, 0.15) is 51.7 Å². The number of fused-ring (bicyclic) bond motifs is 2. The van der Waals surface area contributed by atoms with Crippen molar-refractivity contribution >= 4 is 45.0 Å². The first-order chi connectivity index (χ1) is 20.4. The van der Waals surface area contributed by atoms with Crippen LogP contribution in [0.2, 0.25) is 0 Å². The highest BCUT2D eigenvalue weighted by atomic mass is 32.2. The minimum atomic E-state index is -0.358. The number of carbonyl (C=O) groups excluding carboxylic acids is 1. The fraction of sp³-hybridized carbons (Fsp3) is 0.250. The fourth-order valence-corrected chi connectivity index (χ4v) is 7.07. The molecule has 5 aromatic rings. The molecule has 0 radical (unpaired) electrons. The van der Waals surface area contributed by atoms with Gasteiger partial charge in [0.2, 0.25) is 0 Å². The minimum absolute atomic E-state index is 0.192. The number of aromatic nitrogens is 1. The summed E-state index contributed by atoms with van der Waals surface area (Å²) in [4.78, 5) is 14.8. The van der Waals surface area contributed by atoms with E-state index in [-0.39, 0.29) is 18.3 Å². The van der Waals surface area contributed by atoms with Gasteiger partial charge in [-0.25, -0.2) is 4.79 Å². The topological polar surface area (TPSA) is 63.5 Å². The zero-order chi connectivity index (χ0) is 29.2. The van der Waals surface area contributed by atoms with E-state index in [1.165, 1.54) is 32.4 Å². The van der Waals surface area contributed by atoms with Gasteiger partial charge in [-0.1, -0.05) is 66.2 Å². The first-order valence-electron chi connectivity index (χ1n) is 14.6. The molecule has 214 valence electrons. The number of phenolic OH excluding ortho intramolecular Hbond substituents is 1. The number of rotatable bonds is 8. The number of phenols is 1. The molecule has 0 saturated heterocycles. The number of hydrogen-bond acceptors (Lipinski definition) is 5. The molecular formula is C36H36N2O3S. The molecule has 6 heteroatoms. The summed E-state index contributed by atoms with van der Waals surface area (Å²) < 4.78 is 7.89. The van der Waals surface area contributed by atoms with Crippen molar-refractivity contribution in [1.82, 2.24) is 9.88 Å². The van der Waals surface area contributed by atoms with E-state index in [4.69, 9.17) is 4.74 Å². The minimum Gasteiger partial charge on any atom is -0.507 e. The van der Waals surface area contributed by atoms with Crippen LogP contribution in [0.5, 0.6) is 5.75 Å². The van der Waals surface area contributed by atoms with Crippen molar-refractivity contribution in [3.05, 3.63) is 112 Å². The standard InChI is InChI=1S/C36H36N2O3S/c1-4-41-36(40)35-30-20-33(39)29(26-14-16-37-17-15-26)19-31(30)38(21-27-10-7-9-25-8-5-6-11-28(25)27)32(35)22-42-34-13-12-23(2)18-24(34)3/h5-14,18-20,37,39H,4,15-17,21-22H2,1-3H3. The molecule has 0 saturated carbocycles. The normalized spacial score (nSPS) is 13.5. The van der Waals surface area contributed by atoms with Gasteiger partial charge in [-0.3, -0.25) is 0 Å². The smallest absolute Gasteiger partial charge is 0.340 e. The summed E-state index contributed by atoms with van der Waals surface area (Å²) in [6, 6.07) is 25.1. The highest BCUT2D eigenvalue weighted by Gasteiger charge is 2.26. The summed E-state index contributed by atoms with van der Waals surface area (Å²) in [6.07, 6.45) is 2.98. The quantitative estimate of drug-likeness (QED) is 0.145. The third kappa shape index (κ3) is 5.44. The summed E-state index contributed by atoms with van der Waals surface area (Å²) >= 11 is 1.73. The molecule has 0 fully saturated rings. The molecule has 1 aliphatic rings. The van der Waals surface area contributed by atoms with Crippen LogP contribution in [0.4, 0.5) is 0 Å². The molecule has 1 aliphatic heterocycles. The lowest BCUT2D eigenvalue weighted by atomic mass is 9.97. The van der Waals surface area contributed by atoms with Gasteiger partial charge in [-0.15, -0.1) is 11.8 Å². The van der Waals surface area contributed by atoms with Gasteiger partial charge in [0.15, 0.2) is 0 Å². The van der Waals surface area contributed by atoms with Crippen LogP contribution >= 0.6 is 11.8 Å². The van der Waals surface area contributed by atoms with E-state index in [1.54, 1.807) is 17.8 Å². The molecule has 2 heterocycles. The summed E-state index contributed by atoms with van der Waals surface area (Å²) in [5.74, 6) is 0.418. The molecule has 1 aromatic heterocycles. The van der Waals surface area contributed by atoms with E-state index in [9.17, 15) is 9.90 Å². The van der Waals surface area contributed by atoms with Crippen LogP contribution in [0.15, 0.2) is 83.8 Å². The molecule has 6 rings (SSSR count). The Morgan fingerprint density at radius 1 is 1.02 bits per heavy atom. The zero-order valence-corrected chi connectivity index (χ0v) is 25.2. The SMILES string of the molecule is CCOC(=O)c1c(CSc2ccc(C)cc2C)n(Cc2cccc3ccccc23)c2cc(C3=CCNCC3)c(O)cc12. The van der Waals surface area contributed by atoms with Crippen molar-refractivity contribution in [1.29, 1.82) is 0 Å². The number of nitrogens with zero attached hydrogens (tertiary/aromatic N) is 1. The Kier molecular flexibility index (Phi) is 8.09. The Morgan fingerprint density at radius 3 is 2.64 bits per heavy atom. The molecule has 5 nitrogen and oxygen atoms in total. The maximum absolute atomic E-state index is 13.6. The van der Waals surface area contributed by atoms with Crippen molar-refractivity contribution in [2.45, 2.75) is 44.4 Å². The maximum Gasteiger partial charge on any atom is 0.340 e. The lowest BCUT2D eigenvalue weighted by Crippen LogP contribution is -2.20. The Bertz CT molecular complexity index is 1830. The summed E-state index contributed by atoms with van der Waals surface area (Å²) in [5.41, 5.74) is 7.92. The first-order valence-corrected chi connectivity index (χ1v) is 15.5. The third-order valence-electron chi connectivity index (χ3n) is 8.08. The number of esters is 1. The number of aromatic hydroxyl groups is 1. The monoisotopic (exact) mass is 576 g/mol. The maximum atomic E-state index is 13.6. The van der Waals surface area contributed by atoms with Gasteiger partial charge in [0.05, 0.1) is 17.7 Å². The van der Waals surface area contributed by atoms with Gasteiger partial charge in [0, 0.05) is 40.4 Å². The zero-order valence-electron chi connectivity index (χ0n) is 24.4. The molecular weight excluding hydrogens is 540 g/mol. The van der Waals surface area contributed by atoms with Gasteiger partial charge in [0.25, 0.3) is 0 Å². The number of thioether (sulfide) groups is 1. The lowest BCUT2D eigenvalue weighted by Gasteiger charge is -2.17. The van der Waals surface area contributed by atoms with Crippen molar-refractivity contribution in [2.75, 3.05) is 19.7 Å². The van der Waals surface area contributed by atoms with Crippen molar-refractivity contribution in [3.63, 3.8) is 0 Å². The Hall–Kier alpha value is -4.00. The predicted molar refractivity (Wildman–Crippen MR) is 174 cm³/mol. The molecule has 42 heavy (non-hydrogen) atoms. The van der Waals surface area contributed by atoms with Crippen molar-refractivity contribution in [3.8, 4) is 5.75 Å². The second-order valence-corrected chi connectivity index (χ2v) is 11.9. The van der Waals surface area contributed by atoms with E-state index in [0.29, 0.717) is 17.9 Å². The molecule has 0 aliphatic carbocycles.